The summed E-state index contributed by atoms with van der Waals surface area (Å²) in [4.78, 5) is 28.9. The van der Waals surface area contributed by atoms with Gasteiger partial charge in [0.15, 0.2) is 0 Å². The number of phenolic OH excluding ortho intramolecular Hbond substituents is 1. The largest absolute Gasteiger partial charge is 0.506 e. The van der Waals surface area contributed by atoms with Crippen molar-refractivity contribution in [2.45, 2.75) is 25.4 Å². The van der Waals surface area contributed by atoms with Crippen LogP contribution in [-0.2, 0) is 20.9 Å². The van der Waals surface area contributed by atoms with Gasteiger partial charge in [0.1, 0.15) is 35.1 Å². The van der Waals surface area contributed by atoms with Crippen LogP contribution in [0.25, 0.3) is 27.8 Å². The number of hydroxylamine groups is 1. The highest BCUT2D eigenvalue weighted by Gasteiger charge is 2.26. The Balaban J connectivity index is 0.00000175. The molecule has 0 spiro atoms. The van der Waals surface area contributed by atoms with Crippen molar-refractivity contribution in [3.8, 4) is 40.1 Å². The number of carboxylic acid groups (broad SMARTS) is 1. The van der Waals surface area contributed by atoms with Gasteiger partial charge in [0.2, 0.25) is 0 Å². The Morgan fingerprint density at radius 3 is 2.28 bits per heavy atom. The summed E-state index contributed by atoms with van der Waals surface area (Å²) < 4.78 is 20.4. The van der Waals surface area contributed by atoms with Crippen LogP contribution in [-0.4, -0.2) is 78.2 Å². The SMILES string of the molecule is C=C(C(=O)NO)c1ccc(CNC2CCN(c3ncc(-c4ccc(N5CCOCC5)c(O)c4)c(-c4ccc(C#N)c(F)c4)c3C#N)CC2)cc1.O=CO. The molecule has 3 heterocycles. The third-order valence-electron chi connectivity index (χ3n) is 9.25. The second-order valence-corrected chi connectivity index (χ2v) is 12.3. The van der Waals surface area contributed by atoms with E-state index in [1.807, 2.05) is 30.3 Å². The van der Waals surface area contributed by atoms with Gasteiger partial charge >= 0.3 is 0 Å². The predicted octanol–water partition coefficient (Wildman–Crippen LogP) is 4.82. The second kappa shape index (κ2) is 17.7. The van der Waals surface area contributed by atoms with Gasteiger partial charge in [0.25, 0.3) is 12.4 Å². The third-order valence-corrected chi connectivity index (χ3v) is 9.25. The first-order valence-electron chi connectivity index (χ1n) is 16.8. The average molecular weight is 720 g/mol. The first-order chi connectivity index (χ1) is 25.7. The summed E-state index contributed by atoms with van der Waals surface area (Å²) in [7, 11) is 0. The van der Waals surface area contributed by atoms with Crippen molar-refractivity contribution in [1.82, 2.24) is 15.8 Å². The number of pyridine rings is 1. The molecule has 53 heavy (non-hydrogen) atoms. The molecule has 2 saturated heterocycles. The van der Waals surface area contributed by atoms with Crippen LogP contribution in [0.4, 0.5) is 15.9 Å². The Morgan fingerprint density at radius 2 is 1.68 bits per heavy atom. The number of halogens is 1. The van der Waals surface area contributed by atoms with Crippen LogP contribution >= 0.6 is 0 Å². The van der Waals surface area contributed by atoms with Gasteiger partial charge in [-0.25, -0.2) is 14.9 Å². The molecule has 0 saturated carbocycles. The number of ether oxygens (including phenoxy) is 1. The van der Waals surface area contributed by atoms with Crippen LogP contribution in [0.5, 0.6) is 5.75 Å². The Hall–Kier alpha value is -6.32. The van der Waals surface area contributed by atoms with Crippen molar-refractivity contribution < 1.29 is 34.1 Å². The second-order valence-electron chi connectivity index (χ2n) is 12.3. The van der Waals surface area contributed by atoms with Crippen LogP contribution in [0.15, 0.2) is 73.4 Å². The number of rotatable bonds is 9. The number of aromatic nitrogens is 1. The lowest BCUT2D eigenvalue weighted by atomic mass is 9.91. The Kier molecular flexibility index (Phi) is 12.7. The fourth-order valence-electron chi connectivity index (χ4n) is 6.47. The van der Waals surface area contributed by atoms with Gasteiger partial charge in [-0.2, -0.15) is 10.5 Å². The van der Waals surface area contributed by atoms with Crippen LogP contribution in [0.3, 0.4) is 0 Å². The quantitative estimate of drug-likeness (QED) is 0.0686. The predicted molar refractivity (Wildman–Crippen MR) is 195 cm³/mol. The molecule has 2 aliphatic rings. The van der Waals surface area contributed by atoms with E-state index in [0.29, 0.717) is 85.3 Å². The van der Waals surface area contributed by atoms with Crippen molar-refractivity contribution in [2.75, 3.05) is 49.2 Å². The number of amides is 1. The van der Waals surface area contributed by atoms with Crippen molar-refractivity contribution in [2.24, 2.45) is 0 Å². The topological polar surface area (TPSA) is 195 Å². The van der Waals surface area contributed by atoms with E-state index < -0.39 is 11.7 Å². The lowest BCUT2D eigenvalue weighted by molar-refractivity contribution is -0.123. The van der Waals surface area contributed by atoms with E-state index in [4.69, 9.17) is 24.8 Å². The zero-order chi connectivity index (χ0) is 37.9. The number of nitrogens with one attached hydrogen (secondary N) is 2. The highest BCUT2D eigenvalue weighted by molar-refractivity contribution is 6.18. The number of anilines is 2. The number of hydrogen-bond donors (Lipinski definition) is 5. The van der Waals surface area contributed by atoms with Gasteiger partial charge in [-0.3, -0.25) is 14.8 Å². The average Bonchev–Trinajstić information content (AvgIpc) is 3.19. The summed E-state index contributed by atoms with van der Waals surface area (Å²) in [5, 5.41) is 50.3. The van der Waals surface area contributed by atoms with Crippen LogP contribution in [0.1, 0.15) is 35.1 Å². The number of piperidine rings is 1. The molecule has 6 rings (SSSR count). The van der Waals surface area contributed by atoms with Gasteiger partial charge < -0.3 is 30.1 Å². The van der Waals surface area contributed by atoms with Crippen LogP contribution in [0, 0.1) is 28.5 Å². The molecule has 0 bridgehead atoms. The summed E-state index contributed by atoms with van der Waals surface area (Å²) in [5.74, 6) is -0.772. The summed E-state index contributed by atoms with van der Waals surface area (Å²) in [6.07, 6.45) is 3.24. The zero-order valence-corrected chi connectivity index (χ0v) is 28.8. The van der Waals surface area contributed by atoms with E-state index >= 15 is 4.39 Å². The van der Waals surface area contributed by atoms with E-state index in [0.717, 1.165) is 18.4 Å². The van der Waals surface area contributed by atoms with Crippen molar-refractivity contribution >= 4 is 29.5 Å². The normalized spacial score (nSPS) is 14.3. The molecule has 2 fully saturated rings. The Labute approximate surface area is 305 Å². The molecule has 14 heteroatoms. The number of phenols is 1. The van der Waals surface area contributed by atoms with E-state index in [-0.39, 0.29) is 35.0 Å². The molecule has 4 aromatic rings. The molecular weight excluding hydrogens is 681 g/mol. The van der Waals surface area contributed by atoms with Crippen molar-refractivity contribution in [3.05, 3.63) is 102 Å². The minimum absolute atomic E-state index is 0.0778. The molecule has 0 radical (unpaired) electrons. The van der Waals surface area contributed by atoms with Gasteiger partial charge in [-0.1, -0.05) is 43.0 Å². The minimum atomic E-state index is -0.689. The van der Waals surface area contributed by atoms with Crippen molar-refractivity contribution in [1.29, 1.82) is 10.5 Å². The molecular formula is C39H38FN7O6. The first-order valence-corrected chi connectivity index (χ1v) is 16.8. The number of nitrogens with zero attached hydrogens (tertiary/aromatic N) is 5. The van der Waals surface area contributed by atoms with E-state index in [9.17, 15) is 20.4 Å². The summed E-state index contributed by atoms with van der Waals surface area (Å²) in [6, 6.07) is 21.4. The van der Waals surface area contributed by atoms with E-state index in [1.54, 1.807) is 35.9 Å². The molecule has 1 aromatic heterocycles. The smallest absolute Gasteiger partial charge is 0.290 e. The lowest BCUT2D eigenvalue weighted by Crippen LogP contribution is -2.42. The standard InChI is InChI=1S/C38H36FN7O4.CH2O2/c1-24(38(48)44-49)26-4-2-25(3-5-26)22-42-30-10-12-46(13-11-30)37-31(21-41)36(28-6-7-29(20-40)33(39)18-28)32(23-43-37)27-8-9-34(35(47)19-27)45-14-16-50-17-15-45;2-1-3/h2-9,18-19,23,30,42,47,49H,1,10-17,22H2,(H,44,48);1H,(H,2,3). The summed E-state index contributed by atoms with van der Waals surface area (Å²) in [5.41, 5.74) is 6.35. The highest BCUT2D eigenvalue weighted by Crippen LogP contribution is 2.41. The number of carbonyl (C=O) groups excluding carboxylic acids is 1. The molecule has 5 N–H and O–H groups in total. The monoisotopic (exact) mass is 719 g/mol. The maximum absolute atomic E-state index is 15.0. The fraction of sp³-hybridized carbons (Fsp3) is 0.256. The molecule has 0 atom stereocenters. The molecule has 3 aromatic carbocycles. The number of aromatic hydroxyl groups is 1. The number of benzene rings is 3. The number of hydrogen-bond acceptors (Lipinski definition) is 11. The van der Waals surface area contributed by atoms with E-state index in [2.05, 4.69) is 27.8 Å². The molecule has 13 nitrogen and oxygen atoms in total. The fourth-order valence-corrected chi connectivity index (χ4v) is 6.47. The summed E-state index contributed by atoms with van der Waals surface area (Å²) in [6.45, 7) is 7.77. The molecule has 0 aliphatic carbocycles. The maximum Gasteiger partial charge on any atom is 0.290 e. The van der Waals surface area contributed by atoms with E-state index in [1.165, 1.54) is 12.1 Å². The number of morpholine rings is 1. The number of nitriles is 2. The van der Waals surface area contributed by atoms with Gasteiger partial charge in [-0.05, 0) is 59.4 Å². The van der Waals surface area contributed by atoms with Gasteiger partial charge in [-0.15, -0.1) is 0 Å². The van der Waals surface area contributed by atoms with Crippen molar-refractivity contribution in [3.63, 3.8) is 0 Å². The zero-order valence-electron chi connectivity index (χ0n) is 28.8. The Bertz CT molecular complexity index is 2050. The molecule has 272 valence electrons. The van der Waals surface area contributed by atoms with Crippen LogP contribution in [0.2, 0.25) is 0 Å². The van der Waals surface area contributed by atoms with Gasteiger partial charge in [0, 0.05) is 61.7 Å². The maximum atomic E-state index is 15.0. The van der Waals surface area contributed by atoms with Gasteiger partial charge in [0.05, 0.1) is 24.5 Å². The summed E-state index contributed by atoms with van der Waals surface area (Å²) >= 11 is 0. The molecule has 1 amide bonds. The minimum Gasteiger partial charge on any atom is -0.506 e. The third kappa shape index (κ3) is 8.77. The Morgan fingerprint density at radius 1 is 1.00 bits per heavy atom. The lowest BCUT2D eigenvalue weighted by Gasteiger charge is -2.34. The molecule has 0 unspecified atom stereocenters. The first kappa shape index (κ1) is 37.9. The number of carbonyl (C=O) groups is 2. The highest BCUT2D eigenvalue weighted by atomic mass is 19.1. The molecule has 2 aliphatic heterocycles. The van der Waals surface area contributed by atoms with Crippen LogP contribution < -0.4 is 20.6 Å².